The molecular formula is C19H18N4O5S. The third kappa shape index (κ3) is 4.73. The van der Waals surface area contributed by atoms with E-state index in [1.54, 1.807) is 24.3 Å². The number of hydrogen-bond donors (Lipinski definition) is 1. The Hall–Kier alpha value is -3.37. The van der Waals surface area contributed by atoms with Crippen molar-refractivity contribution in [1.82, 2.24) is 14.3 Å². The van der Waals surface area contributed by atoms with Crippen LogP contribution in [0.3, 0.4) is 0 Å². The van der Waals surface area contributed by atoms with Gasteiger partial charge in [0.1, 0.15) is 0 Å². The molecule has 29 heavy (non-hydrogen) atoms. The molecule has 0 bridgehead atoms. The van der Waals surface area contributed by atoms with Gasteiger partial charge in [-0.2, -0.15) is 0 Å². The van der Waals surface area contributed by atoms with Crippen molar-refractivity contribution in [3.05, 3.63) is 60.4 Å². The minimum atomic E-state index is -3.63. The Morgan fingerprint density at radius 2 is 1.79 bits per heavy atom. The maximum atomic E-state index is 12.2. The first-order valence-electron chi connectivity index (χ1n) is 8.49. The number of rotatable bonds is 6. The molecule has 0 spiro atoms. The summed E-state index contributed by atoms with van der Waals surface area (Å²) in [5.41, 5.74) is 1.41. The molecule has 10 heteroatoms. The van der Waals surface area contributed by atoms with Gasteiger partial charge in [0.15, 0.2) is 12.3 Å². The van der Waals surface area contributed by atoms with Gasteiger partial charge in [-0.1, -0.05) is 18.2 Å². The number of fused-ring (bicyclic) bond motifs is 1. The zero-order valence-corrected chi connectivity index (χ0v) is 16.5. The Balaban J connectivity index is 1.63. The Morgan fingerprint density at radius 1 is 1.07 bits per heavy atom. The van der Waals surface area contributed by atoms with Crippen molar-refractivity contribution in [2.75, 3.05) is 26.0 Å². The summed E-state index contributed by atoms with van der Waals surface area (Å²) in [4.78, 5) is 32.5. The van der Waals surface area contributed by atoms with Crippen LogP contribution in [-0.2, 0) is 19.6 Å². The molecule has 0 saturated heterocycles. The number of hydrogen-bond acceptors (Lipinski definition) is 7. The number of amides is 1. The first kappa shape index (κ1) is 20.4. The van der Waals surface area contributed by atoms with Gasteiger partial charge in [-0.25, -0.2) is 22.5 Å². The molecule has 0 unspecified atom stereocenters. The van der Waals surface area contributed by atoms with Crippen LogP contribution >= 0.6 is 0 Å². The summed E-state index contributed by atoms with van der Waals surface area (Å²) in [6.07, 6.45) is 1.28. The third-order valence-corrected chi connectivity index (χ3v) is 5.70. The molecule has 150 valence electrons. The second-order valence-electron chi connectivity index (χ2n) is 6.18. The van der Waals surface area contributed by atoms with Crippen molar-refractivity contribution in [2.24, 2.45) is 0 Å². The van der Waals surface area contributed by atoms with E-state index >= 15 is 0 Å². The number of carbonyl (C=O) groups is 2. The van der Waals surface area contributed by atoms with E-state index in [0.717, 1.165) is 4.31 Å². The summed E-state index contributed by atoms with van der Waals surface area (Å²) in [5.74, 6) is -1.41. The van der Waals surface area contributed by atoms with Crippen molar-refractivity contribution in [3.8, 4) is 0 Å². The molecule has 1 amide bonds. The summed E-state index contributed by atoms with van der Waals surface area (Å²) in [6.45, 7) is -0.558. The van der Waals surface area contributed by atoms with Crippen LogP contribution in [0, 0.1) is 0 Å². The number of benzene rings is 2. The van der Waals surface area contributed by atoms with Crippen molar-refractivity contribution in [2.45, 2.75) is 4.90 Å². The van der Waals surface area contributed by atoms with E-state index in [4.69, 9.17) is 4.74 Å². The lowest BCUT2D eigenvalue weighted by molar-refractivity contribution is -0.119. The van der Waals surface area contributed by atoms with Crippen molar-refractivity contribution in [3.63, 3.8) is 0 Å². The standard InChI is InChI=1S/C19H18N4O5S/c1-23(2)29(26,27)14-7-5-6-13(10-14)21-18(24)12-28-19(25)17-11-20-15-8-3-4-9-16(15)22-17/h3-11H,12H2,1-2H3,(H,21,24). The van der Waals surface area contributed by atoms with E-state index in [2.05, 4.69) is 15.3 Å². The topological polar surface area (TPSA) is 119 Å². The first-order valence-corrected chi connectivity index (χ1v) is 9.93. The van der Waals surface area contributed by atoms with E-state index in [1.807, 2.05) is 0 Å². The Labute approximate surface area is 167 Å². The predicted molar refractivity (Wildman–Crippen MR) is 106 cm³/mol. The fourth-order valence-corrected chi connectivity index (χ4v) is 3.35. The van der Waals surface area contributed by atoms with Gasteiger partial charge in [-0.15, -0.1) is 0 Å². The maximum absolute atomic E-state index is 12.2. The molecule has 0 aliphatic carbocycles. The monoisotopic (exact) mass is 414 g/mol. The van der Waals surface area contributed by atoms with Gasteiger partial charge < -0.3 is 10.1 Å². The molecule has 0 fully saturated rings. The lowest BCUT2D eigenvalue weighted by Crippen LogP contribution is -2.23. The van der Waals surface area contributed by atoms with Crippen LogP contribution in [0.15, 0.2) is 59.6 Å². The van der Waals surface area contributed by atoms with Gasteiger partial charge >= 0.3 is 5.97 Å². The van der Waals surface area contributed by atoms with Gasteiger partial charge in [0, 0.05) is 19.8 Å². The molecule has 1 aromatic heterocycles. The number of ether oxygens (including phenoxy) is 1. The third-order valence-electron chi connectivity index (χ3n) is 3.89. The second-order valence-corrected chi connectivity index (χ2v) is 8.34. The van der Waals surface area contributed by atoms with Gasteiger partial charge in [0.2, 0.25) is 10.0 Å². The Bertz CT molecular complexity index is 1180. The van der Waals surface area contributed by atoms with E-state index in [-0.39, 0.29) is 16.3 Å². The number of aromatic nitrogens is 2. The van der Waals surface area contributed by atoms with E-state index < -0.39 is 28.5 Å². The Kier molecular flexibility index (Phi) is 5.85. The average molecular weight is 414 g/mol. The van der Waals surface area contributed by atoms with Crippen LogP contribution in [0.4, 0.5) is 5.69 Å². The van der Waals surface area contributed by atoms with E-state index in [9.17, 15) is 18.0 Å². The first-order chi connectivity index (χ1) is 13.8. The fraction of sp³-hybridized carbons (Fsp3) is 0.158. The molecule has 0 radical (unpaired) electrons. The molecule has 1 heterocycles. The number of carbonyl (C=O) groups excluding carboxylic acids is 2. The highest BCUT2D eigenvalue weighted by Crippen LogP contribution is 2.18. The summed E-state index contributed by atoms with van der Waals surface area (Å²) < 4.78 is 30.4. The van der Waals surface area contributed by atoms with Gasteiger partial charge in [0.05, 0.1) is 22.1 Å². The van der Waals surface area contributed by atoms with Crippen LogP contribution in [0.5, 0.6) is 0 Å². The number of para-hydroxylation sites is 2. The molecule has 9 nitrogen and oxygen atoms in total. The molecule has 3 aromatic rings. The van der Waals surface area contributed by atoms with Gasteiger partial charge in [0.25, 0.3) is 5.91 Å². The second kappa shape index (κ2) is 8.33. The minimum Gasteiger partial charge on any atom is -0.451 e. The molecule has 0 atom stereocenters. The zero-order chi connectivity index (χ0) is 21.0. The van der Waals surface area contributed by atoms with Crippen molar-refractivity contribution in [1.29, 1.82) is 0 Å². The lowest BCUT2D eigenvalue weighted by Gasteiger charge is -2.12. The summed E-state index contributed by atoms with van der Waals surface area (Å²) in [5, 5.41) is 2.49. The number of sulfonamides is 1. The molecular weight excluding hydrogens is 396 g/mol. The minimum absolute atomic E-state index is 0.0180. The summed E-state index contributed by atoms with van der Waals surface area (Å²) in [6, 6.07) is 12.8. The lowest BCUT2D eigenvalue weighted by atomic mass is 10.3. The van der Waals surface area contributed by atoms with Gasteiger partial charge in [-0.3, -0.25) is 9.78 Å². The van der Waals surface area contributed by atoms with Crippen molar-refractivity contribution >= 4 is 38.6 Å². The molecule has 0 aliphatic heterocycles. The van der Waals surface area contributed by atoms with E-state index in [0.29, 0.717) is 11.0 Å². The molecule has 0 saturated carbocycles. The smallest absolute Gasteiger partial charge is 0.359 e. The summed E-state index contributed by atoms with van der Waals surface area (Å²) >= 11 is 0. The Morgan fingerprint density at radius 3 is 2.52 bits per heavy atom. The quantitative estimate of drug-likeness (QED) is 0.610. The number of anilines is 1. The van der Waals surface area contributed by atoms with Crippen LogP contribution in [0.2, 0.25) is 0 Å². The number of esters is 1. The highest BCUT2D eigenvalue weighted by atomic mass is 32.2. The van der Waals surface area contributed by atoms with Gasteiger partial charge in [-0.05, 0) is 30.3 Å². The van der Waals surface area contributed by atoms with E-state index in [1.165, 1.54) is 44.6 Å². The molecule has 0 aliphatic rings. The maximum Gasteiger partial charge on any atom is 0.359 e. The normalized spacial score (nSPS) is 11.4. The molecule has 2 aromatic carbocycles. The SMILES string of the molecule is CN(C)S(=O)(=O)c1cccc(NC(=O)COC(=O)c2cnc3ccccc3n2)c1. The van der Waals surface area contributed by atoms with Crippen LogP contribution in [-0.4, -0.2) is 55.3 Å². The summed E-state index contributed by atoms with van der Waals surface area (Å²) in [7, 11) is -0.809. The zero-order valence-electron chi connectivity index (χ0n) is 15.7. The van der Waals surface area contributed by atoms with Crippen LogP contribution < -0.4 is 5.32 Å². The van der Waals surface area contributed by atoms with Crippen LogP contribution in [0.1, 0.15) is 10.5 Å². The molecule has 3 rings (SSSR count). The fourth-order valence-electron chi connectivity index (χ4n) is 2.40. The number of nitrogens with one attached hydrogen (secondary N) is 1. The molecule has 1 N–H and O–H groups in total. The number of nitrogens with zero attached hydrogens (tertiary/aromatic N) is 3. The van der Waals surface area contributed by atoms with Crippen molar-refractivity contribution < 1.29 is 22.7 Å². The largest absolute Gasteiger partial charge is 0.451 e. The van der Waals surface area contributed by atoms with Crippen LogP contribution in [0.25, 0.3) is 11.0 Å². The highest BCUT2D eigenvalue weighted by molar-refractivity contribution is 7.89. The average Bonchev–Trinajstić information content (AvgIpc) is 2.71. The predicted octanol–water partition coefficient (Wildman–Crippen LogP) is 1.68. The highest BCUT2D eigenvalue weighted by Gasteiger charge is 2.18.